The van der Waals surface area contributed by atoms with Crippen LogP contribution in [0.2, 0.25) is 0 Å². The molecule has 0 N–H and O–H groups in total. The second kappa shape index (κ2) is 5.34. The standard InChI is InChI=1S/C14H16F3NO2/c1-4-5-9-11(19-8(2)3)7-6-10-12(9)20-18-13(10)14(15,16)17/h6-8H,4-5H2,1-3H3. The van der Waals surface area contributed by atoms with Gasteiger partial charge in [0, 0.05) is 5.56 Å². The van der Waals surface area contributed by atoms with Gasteiger partial charge in [-0.2, -0.15) is 13.2 Å². The maximum Gasteiger partial charge on any atom is 0.437 e. The molecule has 0 bridgehead atoms. The van der Waals surface area contributed by atoms with Crippen molar-refractivity contribution < 1.29 is 22.4 Å². The fourth-order valence-corrected chi connectivity index (χ4v) is 2.10. The summed E-state index contributed by atoms with van der Waals surface area (Å²) in [5.41, 5.74) is -0.181. The Morgan fingerprint density at radius 3 is 2.55 bits per heavy atom. The van der Waals surface area contributed by atoms with Gasteiger partial charge in [0.1, 0.15) is 5.75 Å². The van der Waals surface area contributed by atoms with E-state index in [4.69, 9.17) is 9.26 Å². The molecule has 0 amide bonds. The number of hydrogen-bond donors (Lipinski definition) is 0. The molecule has 110 valence electrons. The van der Waals surface area contributed by atoms with Crippen LogP contribution in [0.15, 0.2) is 16.7 Å². The van der Waals surface area contributed by atoms with Gasteiger partial charge < -0.3 is 9.26 Å². The van der Waals surface area contributed by atoms with E-state index in [0.29, 0.717) is 17.7 Å². The molecule has 0 aliphatic carbocycles. The molecule has 20 heavy (non-hydrogen) atoms. The largest absolute Gasteiger partial charge is 0.491 e. The van der Waals surface area contributed by atoms with E-state index in [1.807, 2.05) is 20.8 Å². The maximum atomic E-state index is 12.8. The lowest BCUT2D eigenvalue weighted by Crippen LogP contribution is -2.08. The van der Waals surface area contributed by atoms with E-state index in [9.17, 15) is 13.2 Å². The van der Waals surface area contributed by atoms with Crippen LogP contribution in [0.3, 0.4) is 0 Å². The summed E-state index contributed by atoms with van der Waals surface area (Å²) in [5, 5.41) is 3.16. The van der Waals surface area contributed by atoms with Crippen molar-refractivity contribution in [1.82, 2.24) is 5.16 Å². The van der Waals surface area contributed by atoms with Crippen molar-refractivity contribution in [3.8, 4) is 5.75 Å². The SMILES string of the molecule is CCCc1c(OC(C)C)ccc2c(C(F)(F)F)noc12. The fraction of sp³-hybridized carbons (Fsp3) is 0.500. The number of ether oxygens (including phenoxy) is 1. The first-order valence-electron chi connectivity index (χ1n) is 6.49. The monoisotopic (exact) mass is 287 g/mol. The lowest BCUT2D eigenvalue weighted by molar-refractivity contribution is -0.141. The number of aryl methyl sites for hydroxylation is 1. The second-order valence-electron chi connectivity index (χ2n) is 4.86. The van der Waals surface area contributed by atoms with E-state index < -0.39 is 11.9 Å². The third-order valence-corrected chi connectivity index (χ3v) is 2.83. The molecule has 1 heterocycles. The molecule has 0 atom stereocenters. The Balaban J connectivity index is 2.61. The fourth-order valence-electron chi connectivity index (χ4n) is 2.10. The molecule has 2 rings (SSSR count). The Labute approximate surface area is 114 Å². The number of hydrogen-bond acceptors (Lipinski definition) is 3. The van der Waals surface area contributed by atoms with Crippen LogP contribution in [0.4, 0.5) is 13.2 Å². The zero-order valence-electron chi connectivity index (χ0n) is 11.5. The molecule has 3 nitrogen and oxygen atoms in total. The third-order valence-electron chi connectivity index (χ3n) is 2.83. The van der Waals surface area contributed by atoms with Gasteiger partial charge in [0.15, 0.2) is 11.3 Å². The van der Waals surface area contributed by atoms with Crippen molar-refractivity contribution in [2.24, 2.45) is 0 Å². The Bertz CT molecular complexity index is 602. The Morgan fingerprint density at radius 2 is 2.00 bits per heavy atom. The normalized spacial score (nSPS) is 12.3. The van der Waals surface area contributed by atoms with Crippen molar-refractivity contribution in [3.05, 3.63) is 23.4 Å². The van der Waals surface area contributed by atoms with E-state index >= 15 is 0 Å². The van der Waals surface area contributed by atoms with Gasteiger partial charge in [-0.25, -0.2) is 0 Å². The highest BCUT2D eigenvalue weighted by molar-refractivity contribution is 5.85. The van der Waals surface area contributed by atoms with Crippen molar-refractivity contribution in [3.63, 3.8) is 0 Å². The molecule has 6 heteroatoms. The topological polar surface area (TPSA) is 35.3 Å². The summed E-state index contributed by atoms with van der Waals surface area (Å²) in [4.78, 5) is 0. The molecule has 0 aliphatic heterocycles. The maximum absolute atomic E-state index is 12.8. The molecule has 0 saturated carbocycles. The molecule has 0 aliphatic rings. The zero-order chi connectivity index (χ0) is 14.9. The molecule has 0 spiro atoms. The summed E-state index contributed by atoms with van der Waals surface area (Å²) in [6.07, 6.45) is -3.23. The van der Waals surface area contributed by atoms with E-state index in [1.165, 1.54) is 6.07 Å². The van der Waals surface area contributed by atoms with Crippen LogP contribution >= 0.6 is 0 Å². The second-order valence-corrected chi connectivity index (χ2v) is 4.86. The van der Waals surface area contributed by atoms with E-state index in [2.05, 4.69) is 5.16 Å². The van der Waals surface area contributed by atoms with Gasteiger partial charge in [0.05, 0.1) is 11.5 Å². The van der Waals surface area contributed by atoms with Crippen LogP contribution in [0.1, 0.15) is 38.4 Å². The number of rotatable bonds is 4. The van der Waals surface area contributed by atoms with E-state index in [-0.39, 0.29) is 17.1 Å². The third kappa shape index (κ3) is 2.73. The van der Waals surface area contributed by atoms with E-state index in [0.717, 1.165) is 6.42 Å². The van der Waals surface area contributed by atoms with Crippen molar-refractivity contribution >= 4 is 11.0 Å². The van der Waals surface area contributed by atoms with Crippen LogP contribution in [0.5, 0.6) is 5.75 Å². The first kappa shape index (κ1) is 14.7. The van der Waals surface area contributed by atoms with Crippen LogP contribution in [0.25, 0.3) is 11.0 Å². The smallest absolute Gasteiger partial charge is 0.437 e. The number of aromatic nitrogens is 1. The van der Waals surface area contributed by atoms with Crippen LogP contribution in [0, 0.1) is 0 Å². The summed E-state index contributed by atoms with van der Waals surface area (Å²) in [6.45, 7) is 5.67. The molecule has 0 saturated heterocycles. The van der Waals surface area contributed by atoms with Crippen molar-refractivity contribution in [1.29, 1.82) is 0 Å². The quantitative estimate of drug-likeness (QED) is 0.825. The number of fused-ring (bicyclic) bond motifs is 1. The molecule has 0 unspecified atom stereocenters. The highest BCUT2D eigenvalue weighted by Crippen LogP contribution is 2.38. The first-order valence-corrected chi connectivity index (χ1v) is 6.49. The first-order chi connectivity index (χ1) is 9.34. The summed E-state index contributed by atoms with van der Waals surface area (Å²) in [5.74, 6) is 0.555. The lowest BCUT2D eigenvalue weighted by atomic mass is 10.0. The minimum Gasteiger partial charge on any atom is -0.491 e. The number of nitrogens with zero attached hydrogens (tertiary/aromatic N) is 1. The van der Waals surface area contributed by atoms with Crippen molar-refractivity contribution in [2.45, 2.75) is 45.9 Å². The average molecular weight is 287 g/mol. The summed E-state index contributed by atoms with van der Waals surface area (Å²) >= 11 is 0. The molecule has 0 fully saturated rings. The lowest BCUT2D eigenvalue weighted by Gasteiger charge is -2.14. The van der Waals surface area contributed by atoms with Gasteiger partial charge in [-0.05, 0) is 32.4 Å². The van der Waals surface area contributed by atoms with Gasteiger partial charge >= 0.3 is 6.18 Å². The van der Waals surface area contributed by atoms with Crippen LogP contribution in [-0.2, 0) is 12.6 Å². The Kier molecular flexibility index (Phi) is 3.92. The molecule has 2 aromatic rings. The van der Waals surface area contributed by atoms with Gasteiger partial charge in [-0.15, -0.1) is 0 Å². The molecular weight excluding hydrogens is 271 g/mol. The van der Waals surface area contributed by atoms with Crippen LogP contribution in [-0.4, -0.2) is 11.3 Å². The Morgan fingerprint density at radius 1 is 1.30 bits per heavy atom. The highest BCUT2D eigenvalue weighted by Gasteiger charge is 2.37. The van der Waals surface area contributed by atoms with Crippen molar-refractivity contribution in [2.75, 3.05) is 0 Å². The summed E-state index contributed by atoms with van der Waals surface area (Å²) in [6, 6.07) is 2.91. The highest BCUT2D eigenvalue weighted by atomic mass is 19.4. The van der Waals surface area contributed by atoms with Gasteiger partial charge in [-0.3, -0.25) is 0 Å². The zero-order valence-corrected chi connectivity index (χ0v) is 11.5. The average Bonchev–Trinajstić information content (AvgIpc) is 2.75. The van der Waals surface area contributed by atoms with Crippen LogP contribution < -0.4 is 4.74 Å². The number of halogens is 3. The molecular formula is C14H16F3NO2. The predicted molar refractivity (Wildman–Crippen MR) is 68.8 cm³/mol. The number of benzene rings is 1. The molecule has 1 aromatic carbocycles. The molecule has 0 radical (unpaired) electrons. The summed E-state index contributed by atoms with van der Waals surface area (Å²) in [7, 11) is 0. The predicted octanol–water partition coefficient (Wildman–Crippen LogP) is 4.59. The molecule has 1 aromatic heterocycles. The van der Waals surface area contributed by atoms with Gasteiger partial charge in [-0.1, -0.05) is 18.5 Å². The van der Waals surface area contributed by atoms with Gasteiger partial charge in [0.2, 0.25) is 0 Å². The minimum absolute atomic E-state index is 0.0166. The number of alkyl halides is 3. The van der Waals surface area contributed by atoms with E-state index in [1.54, 1.807) is 6.07 Å². The Hall–Kier alpha value is -1.72. The summed E-state index contributed by atoms with van der Waals surface area (Å²) < 4.78 is 49.0. The van der Waals surface area contributed by atoms with Gasteiger partial charge in [0.25, 0.3) is 0 Å². The minimum atomic E-state index is -4.52.